The molecule has 1 unspecified atom stereocenters. The molecule has 5 nitrogen and oxygen atoms in total. The van der Waals surface area contributed by atoms with Gasteiger partial charge >= 0.3 is 0 Å². The monoisotopic (exact) mass is 408 g/mol. The second-order valence-corrected chi connectivity index (χ2v) is 10.5. The zero-order valence-corrected chi connectivity index (χ0v) is 18.3. The first-order valence-corrected chi connectivity index (χ1v) is 12.7. The van der Waals surface area contributed by atoms with Gasteiger partial charge in [0.1, 0.15) is 5.65 Å². The Balaban J connectivity index is 1.35. The summed E-state index contributed by atoms with van der Waals surface area (Å²) in [6.45, 7) is 3.44. The van der Waals surface area contributed by atoms with Crippen LogP contribution in [-0.4, -0.2) is 38.8 Å². The highest BCUT2D eigenvalue weighted by atomic mass is 16.1. The maximum atomic E-state index is 12.9. The number of hydrogen-bond acceptors (Lipinski definition) is 3. The highest BCUT2D eigenvalue weighted by molar-refractivity contribution is 5.84. The highest BCUT2D eigenvalue weighted by Crippen LogP contribution is 2.41. The molecule has 162 valence electrons. The third-order valence-corrected chi connectivity index (χ3v) is 8.57. The van der Waals surface area contributed by atoms with E-state index in [9.17, 15) is 4.79 Å². The van der Waals surface area contributed by atoms with Crippen molar-refractivity contribution in [1.29, 1.82) is 0 Å². The third-order valence-electron chi connectivity index (χ3n) is 8.57. The Hall–Kier alpha value is -1.62. The van der Waals surface area contributed by atoms with Gasteiger partial charge in [-0.25, -0.2) is 4.68 Å². The standard InChI is InChI=1S/C25H36N4O/c30-25-21-13-4-3-12-20(21)22-23(18-8-5-9-18)27-29(24(22)26-25)16-17-7-6-14-28(15-17)19-10-1-2-11-19/h17-19H,1-16H2,(H,26,30). The number of aryl methyl sites for hydroxylation is 1. The second-order valence-electron chi connectivity index (χ2n) is 10.5. The van der Waals surface area contributed by atoms with Gasteiger partial charge in [-0.3, -0.25) is 4.79 Å². The molecule has 2 aromatic heterocycles. The van der Waals surface area contributed by atoms with E-state index in [1.165, 1.54) is 93.9 Å². The molecule has 0 amide bonds. The van der Waals surface area contributed by atoms with E-state index in [1.54, 1.807) is 0 Å². The Morgan fingerprint density at radius 3 is 2.47 bits per heavy atom. The van der Waals surface area contributed by atoms with Crippen LogP contribution in [0.1, 0.15) is 93.4 Å². The van der Waals surface area contributed by atoms with Gasteiger partial charge < -0.3 is 9.88 Å². The van der Waals surface area contributed by atoms with Crippen LogP contribution in [0, 0.1) is 5.92 Å². The van der Waals surface area contributed by atoms with Gasteiger partial charge in [-0.15, -0.1) is 0 Å². The van der Waals surface area contributed by atoms with Crippen molar-refractivity contribution in [1.82, 2.24) is 19.7 Å². The minimum Gasteiger partial charge on any atom is -0.307 e. The molecule has 2 saturated carbocycles. The van der Waals surface area contributed by atoms with Crippen LogP contribution >= 0.6 is 0 Å². The van der Waals surface area contributed by atoms with Crippen LogP contribution in [0.3, 0.4) is 0 Å². The van der Waals surface area contributed by atoms with Gasteiger partial charge in [0.05, 0.1) is 5.69 Å². The predicted molar refractivity (Wildman–Crippen MR) is 120 cm³/mol. The number of piperidine rings is 1. The molecule has 0 spiro atoms. The number of H-pyrrole nitrogens is 1. The fourth-order valence-electron chi connectivity index (χ4n) is 6.71. The normalized spacial score (nSPS) is 26.2. The second kappa shape index (κ2) is 7.81. The molecule has 1 N–H and O–H groups in total. The van der Waals surface area contributed by atoms with E-state index in [2.05, 4.69) is 14.6 Å². The molecule has 6 rings (SSSR count). The van der Waals surface area contributed by atoms with Gasteiger partial charge in [0.2, 0.25) is 0 Å². The van der Waals surface area contributed by atoms with E-state index in [1.807, 2.05) is 0 Å². The van der Waals surface area contributed by atoms with Gasteiger partial charge in [0.15, 0.2) is 0 Å². The summed E-state index contributed by atoms with van der Waals surface area (Å²) in [6.07, 6.45) is 16.4. The van der Waals surface area contributed by atoms with Crippen molar-refractivity contribution in [2.75, 3.05) is 13.1 Å². The molecule has 2 aromatic rings. The number of fused-ring (bicyclic) bond motifs is 3. The maximum Gasteiger partial charge on any atom is 0.253 e. The van der Waals surface area contributed by atoms with Crippen molar-refractivity contribution in [3.8, 4) is 0 Å². The van der Waals surface area contributed by atoms with Crippen LogP contribution in [0.2, 0.25) is 0 Å². The molecule has 3 aliphatic carbocycles. The van der Waals surface area contributed by atoms with Crippen molar-refractivity contribution in [3.05, 3.63) is 27.2 Å². The zero-order chi connectivity index (χ0) is 20.1. The van der Waals surface area contributed by atoms with Crippen LogP contribution in [0.5, 0.6) is 0 Å². The predicted octanol–water partition coefficient (Wildman–Crippen LogP) is 4.53. The molecule has 3 fully saturated rings. The van der Waals surface area contributed by atoms with Crippen LogP contribution in [0.15, 0.2) is 4.79 Å². The molecule has 0 radical (unpaired) electrons. The van der Waals surface area contributed by atoms with Gasteiger partial charge in [0.25, 0.3) is 5.56 Å². The first-order valence-electron chi connectivity index (χ1n) is 12.7. The molecular weight excluding hydrogens is 372 g/mol. The number of hydrogen-bond donors (Lipinski definition) is 1. The number of rotatable bonds is 4. The number of pyridine rings is 1. The lowest BCUT2D eigenvalue weighted by atomic mass is 9.80. The molecule has 1 saturated heterocycles. The Bertz CT molecular complexity index is 979. The smallest absolute Gasteiger partial charge is 0.253 e. The summed E-state index contributed by atoms with van der Waals surface area (Å²) < 4.78 is 2.21. The van der Waals surface area contributed by atoms with Gasteiger partial charge in [0, 0.05) is 36.0 Å². The molecule has 0 bridgehead atoms. The summed E-state index contributed by atoms with van der Waals surface area (Å²) in [4.78, 5) is 19.0. The molecule has 3 heterocycles. The van der Waals surface area contributed by atoms with Crippen molar-refractivity contribution in [2.24, 2.45) is 5.92 Å². The Labute approximate surface area is 179 Å². The SMILES string of the molecule is O=c1[nH]c2c(c(C3CCC3)nn2CC2CCCN(C3CCCC3)C2)c2c1CCCC2. The van der Waals surface area contributed by atoms with Crippen molar-refractivity contribution < 1.29 is 0 Å². The quantitative estimate of drug-likeness (QED) is 0.809. The lowest BCUT2D eigenvalue weighted by Gasteiger charge is -2.36. The number of nitrogens with zero attached hydrogens (tertiary/aromatic N) is 3. The molecule has 30 heavy (non-hydrogen) atoms. The van der Waals surface area contributed by atoms with Crippen molar-refractivity contribution in [2.45, 2.75) is 102 Å². The lowest BCUT2D eigenvalue weighted by molar-refractivity contribution is 0.115. The number of nitrogens with one attached hydrogen (secondary N) is 1. The summed E-state index contributed by atoms with van der Waals surface area (Å²) in [6, 6.07) is 0.819. The summed E-state index contributed by atoms with van der Waals surface area (Å²) in [5.41, 5.74) is 4.87. The van der Waals surface area contributed by atoms with Crippen LogP contribution in [-0.2, 0) is 19.4 Å². The largest absolute Gasteiger partial charge is 0.307 e. The van der Waals surface area contributed by atoms with E-state index in [4.69, 9.17) is 5.10 Å². The number of likely N-dealkylation sites (tertiary alicyclic amines) is 1. The summed E-state index contributed by atoms with van der Waals surface area (Å²) in [5, 5.41) is 6.54. The third kappa shape index (κ3) is 3.24. The number of aromatic nitrogens is 3. The Morgan fingerprint density at radius 2 is 1.70 bits per heavy atom. The van der Waals surface area contributed by atoms with E-state index >= 15 is 0 Å². The van der Waals surface area contributed by atoms with Crippen LogP contribution in [0.4, 0.5) is 0 Å². The first-order chi connectivity index (χ1) is 14.8. The van der Waals surface area contributed by atoms with E-state index in [0.717, 1.165) is 43.1 Å². The van der Waals surface area contributed by atoms with Crippen LogP contribution < -0.4 is 5.56 Å². The van der Waals surface area contributed by atoms with Gasteiger partial charge in [-0.05, 0) is 82.2 Å². The first kappa shape index (κ1) is 19.1. The Morgan fingerprint density at radius 1 is 0.900 bits per heavy atom. The molecule has 4 aliphatic rings. The maximum absolute atomic E-state index is 12.9. The van der Waals surface area contributed by atoms with E-state index in [0.29, 0.717) is 11.8 Å². The Kier molecular flexibility index (Phi) is 4.97. The minimum atomic E-state index is 0.148. The average Bonchev–Trinajstić information content (AvgIpc) is 3.37. The van der Waals surface area contributed by atoms with Crippen molar-refractivity contribution >= 4 is 11.0 Å². The van der Waals surface area contributed by atoms with E-state index in [-0.39, 0.29) is 5.56 Å². The molecule has 1 atom stereocenters. The molecule has 5 heteroatoms. The van der Waals surface area contributed by atoms with Gasteiger partial charge in [-0.1, -0.05) is 19.3 Å². The molecule has 0 aromatic carbocycles. The topological polar surface area (TPSA) is 53.9 Å². The summed E-state index contributed by atoms with van der Waals surface area (Å²) in [5.74, 6) is 1.25. The highest BCUT2D eigenvalue weighted by Gasteiger charge is 2.32. The van der Waals surface area contributed by atoms with Crippen molar-refractivity contribution in [3.63, 3.8) is 0 Å². The fraction of sp³-hybridized carbons (Fsp3) is 0.760. The van der Waals surface area contributed by atoms with Gasteiger partial charge in [-0.2, -0.15) is 5.10 Å². The minimum absolute atomic E-state index is 0.148. The summed E-state index contributed by atoms with van der Waals surface area (Å²) >= 11 is 0. The molecule has 1 aliphatic heterocycles. The molecular formula is C25H36N4O. The van der Waals surface area contributed by atoms with E-state index < -0.39 is 0 Å². The average molecular weight is 409 g/mol. The zero-order valence-electron chi connectivity index (χ0n) is 18.3. The lowest BCUT2D eigenvalue weighted by Crippen LogP contribution is -2.42. The van der Waals surface area contributed by atoms with Crippen LogP contribution in [0.25, 0.3) is 11.0 Å². The fourth-order valence-corrected chi connectivity index (χ4v) is 6.71. The summed E-state index contributed by atoms with van der Waals surface area (Å²) in [7, 11) is 0. The number of aromatic amines is 1.